The molecule has 0 fully saturated rings. The average Bonchev–Trinajstić information content (AvgIpc) is 2.59. The number of esters is 1. The molecule has 0 saturated heterocycles. The normalized spacial score (nSPS) is 20.0. The molecule has 1 aliphatic rings. The van der Waals surface area contributed by atoms with Crippen LogP contribution in [0.5, 0.6) is 0 Å². The molecule has 1 unspecified atom stereocenters. The van der Waals surface area contributed by atoms with Crippen molar-refractivity contribution in [1.82, 2.24) is 4.90 Å². The molecule has 0 bridgehead atoms. The number of fused-ring (bicyclic) bond motifs is 1. The molecule has 1 heterocycles. The number of hydrogen-bond donors (Lipinski definition) is 0. The molecule has 3 rings (SSSR count). The van der Waals surface area contributed by atoms with Gasteiger partial charge in [0.2, 0.25) is 0 Å². The first-order valence-corrected chi connectivity index (χ1v) is 8.35. The summed E-state index contributed by atoms with van der Waals surface area (Å²) in [6.07, 6.45) is -3.47. The number of hydrogen-bond acceptors (Lipinski definition) is 3. The first-order chi connectivity index (χ1) is 12.2. The molecular formula is C20H20F3NO2. The summed E-state index contributed by atoms with van der Waals surface area (Å²) >= 11 is 0. The second kappa shape index (κ2) is 6.76. The Balaban J connectivity index is 2.02. The van der Waals surface area contributed by atoms with E-state index in [0.29, 0.717) is 30.5 Å². The molecule has 0 amide bonds. The highest BCUT2D eigenvalue weighted by atomic mass is 19.4. The van der Waals surface area contributed by atoms with Crippen LogP contribution in [0.15, 0.2) is 48.5 Å². The van der Waals surface area contributed by atoms with Crippen LogP contribution in [-0.4, -0.2) is 31.5 Å². The minimum absolute atomic E-state index is 0.439. The summed E-state index contributed by atoms with van der Waals surface area (Å²) < 4.78 is 44.5. The lowest BCUT2D eigenvalue weighted by Gasteiger charge is -2.39. The molecule has 0 radical (unpaired) electrons. The highest BCUT2D eigenvalue weighted by Gasteiger charge is 2.42. The van der Waals surface area contributed by atoms with E-state index in [1.807, 2.05) is 31.1 Å². The summed E-state index contributed by atoms with van der Waals surface area (Å²) in [5.41, 5.74) is 0.254. The quantitative estimate of drug-likeness (QED) is 0.760. The standard InChI is InChI=1S/C20H20F3NO2/c1-24(2)12-11-19(15-7-9-16(10-8-15)20(21,22)23)13-14-5-3-4-6-17(14)18(25)26-19/h3-10H,11-13H2,1-2H3. The van der Waals surface area contributed by atoms with Crippen LogP contribution in [0.2, 0.25) is 0 Å². The van der Waals surface area contributed by atoms with Gasteiger partial charge < -0.3 is 9.64 Å². The van der Waals surface area contributed by atoms with E-state index in [1.165, 1.54) is 12.1 Å². The maximum atomic E-state index is 12.9. The van der Waals surface area contributed by atoms with Gasteiger partial charge in [0.05, 0.1) is 11.1 Å². The van der Waals surface area contributed by atoms with Crippen molar-refractivity contribution in [2.75, 3.05) is 20.6 Å². The molecule has 0 saturated carbocycles. The second-order valence-corrected chi connectivity index (χ2v) is 6.85. The number of benzene rings is 2. The van der Waals surface area contributed by atoms with E-state index in [0.717, 1.165) is 17.7 Å². The maximum Gasteiger partial charge on any atom is 0.416 e. The number of nitrogens with zero attached hydrogens (tertiary/aromatic N) is 1. The van der Waals surface area contributed by atoms with Gasteiger partial charge in [0.1, 0.15) is 5.60 Å². The van der Waals surface area contributed by atoms with Crippen LogP contribution in [0.25, 0.3) is 0 Å². The van der Waals surface area contributed by atoms with Crippen molar-refractivity contribution in [3.8, 4) is 0 Å². The van der Waals surface area contributed by atoms with Crippen molar-refractivity contribution in [1.29, 1.82) is 0 Å². The van der Waals surface area contributed by atoms with Crippen LogP contribution in [-0.2, 0) is 22.9 Å². The van der Waals surface area contributed by atoms with Gasteiger partial charge in [0.25, 0.3) is 0 Å². The fourth-order valence-electron chi connectivity index (χ4n) is 3.26. The fourth-order valence-corrected chi connectivity index (χ4v) is 3.26. The Hall–Kier alpha value is -2.34. The molecule has 138 valence electrons. The van der Waals surface area contributed by atoms with Crippen LogP contribution >= 0.6 is 0 Å². The van der Waals surface area contributed by atoms with Gasteiger partial charge in [-0.05, 0) is 43.4 Å². The number of cyclic esters (lactones) is 1. The van der Waals surface area contributed by atoms with E-state index < -0.39 is 23.3 Å². The highest BCUT2D eigenvalue weighted by Crippen LogP contribution is 2.40. The third-order valence-electron chi connectivity index (χ3n) is 4.70. The minimum atomic E-state index is -4.40. The number of rotatable bonds is 4. The van der Waals surface area contributed by atoms with Gasteiger partial charge in [-0.2, -0.15) is 13.2 Å². The summed E-state index contributed by atoms with van der Waals surface area (Å²) in [7, 11) is 3.80. The van der Waals surface area contributed by atoms with E-state index >= 15 is 0 Å². The van der Waals surface area contributed by atoms with Crippen molar-refractivity contribution in [3.63, 3.8) is 0 Å². The molecule has 0 aromatic heterocycles. The summed E-state index contributed by atoms with van der Waals surface area (Å²) in [5.74, 6) is -0.439. The molecule has 2 aromatic rings. The van der Waals surface area contributed by atoms with Gasteiger partial charge in [-0.3, -0.25) is 0 Å². The maximum absolute atomic E-state index is 12.9. The third kappa shape index (κ3) is 3.60. The van der Waals surface area contributed by atoms with Gasteiger partial charge in [0.15, 0.2) is 0 Å². The monoisotopic (exact) mass is 363 g/mol. The van der Waals surface area contributed by atoms with E-state index in [4.69, 9.17) is 4.74 Å². The van der Waals surface area contributed by atoms with E-state index in [2.05, 4.69) is 0 Å². The number of alkyl halides is 3. The predicted octanol–water partition coefficient (Wildman–Crippen LogP) is 4.27. The zero-order valence-corrected chi connectivity index (χ0v) is 14.6. The number of carbonyl (C=O) groups excluding carboxylic acids is 1. The molecule has 0 spiro atoms. The van der Waals surface area contributed by atoms with E-state index in [-0.39, 0.29) is 0 Å². The summed E-state index contributed by atoms with van der Waals surface area (Å²) in [6, 6.07) is 12.1. The summed E-state index contributed by atoms with van der Waals surface area (Å²) in [5, 5.41) is 0. The zero-order chi connectivity index (χ0) is 18.9. The van der Waals surface area contributed by atoms with Crippen LogP contribution in [0, 0.1) is 0 Å². The van der Waals surface area contributed by atoms with Gasteiger partial charge in [0, 0.05) is 19.4 Å². The number of ether oxygens (including phenoxy) is 1. The molecule has 1 aliphatic heterocycles. The van der Waals surface area contributed by atoms with Gasteiger partial charge >= 0.3 is 12.1 Å². The lowest BCUT2D eigenvalue weighted by molar-refractivity contribution is -0.137. The van der Waals surface area contributed by atoms with E-state index in [9.17, 15) is 18.0 Å². The zero-order valence-electron chi connectivity index (χ0n) is 14.6. The predicted molar refractivity (Wildman–Crippen MR) is 91.9 cm³/mol. The Labute approximate surface area is 150 Å². The first kappa shape index (κ1) is 18.5. The van der Waals surface area contributed by atoms with Crippen molar-refractivity contribution >= 4 is 5.97 Å². The van der Waals surface area contributed by atoms with Gasteiger partial charge in [-0.1, -0.05) is 30.3 Å². The fraction of sp³-hybridized carbons (Fsp3) is 0.350. The lowest BCUT2D eigenvalue weighted by Crippen LogP contribution is -2.41. The second-order valence-electron chi connectivity index (χ2n) is 6.85. The van der Waals surface area contributed by atoms with Crippen LogP contribution < -0.4 is 0 Å². The first-order valence-electron chi connectivity index (χ1n) is 8.35. The molecule has 0 aliphatic carbocycles. The molecule has 6 heteroatoms. The third-order valence-corrected chi connectivity index (χ3v) is 4.70. The Bertz CT molecular complexity index is 799. The number of carbonyl (C=O) groups is 1. The molecule has 2 aromatic carbocycles. The Morgan fingerprint density at radius 3 is 2.35 bits per heavy atom. The SMILES string of the molecule is CN(C)CCC1(c2ccc(C(F)(F)F)cc2)Cc2ccccc2C(=O)O1. The van der Waals surface area contributed by atoms with Crippen molar-refractivity contribution < 1.29 is 22.7 Å². The molecule has 1 atom stereocenters. The average molecular weight is 363 g/mol. The molecular weight excluding hydrogens is 343 g/mol. The largest absolute Gasteiger partial charge is 0.450 e. The number of halogens is 3. The van der Waals surface area contributed by atoms with Crippen molar-refractivity contribution in [3.05, 3.63) is 70.8 Å². The van der Waals surface area contributed by atoms with Gasteiger partial charge in [-0.25, -0.2) is 4.79 Å². The van der Waals surface area contributed by atoms with Crippen LogP contribution in [0.3, 0.4) is 0 Å². The minimum Gasteiger partial charge on any atom is -0.450 e. The Morgan fingerprint density at radius 1 is 1.08 bits per heavy atom. The molecule has 3 nitrogen and oxygen atoms in total. The van der Waals surface area contributed by atoms with Crippen molar-refractivity contribution in [2.45, 2.75) is 24.6 Å². The topological polar surface area (TPSA) is 29.5 Å². The molecule has 26 heavy (non-hydrogen) atoms. The Kier molecular flexibility index (Phi) is 4.80. The van der Waals surface area contributed by atoms with Gasteiger partial charge in [-0.15, -0.1) is 0 Å². The Morgan fingerprint density at radius 2 is 1.73 bits per heavy atom. The van der Waals surface area contributed by atoms with Crippen molar-refractivity contribution in [2.24, 2.45) is 0 Å². The van der Waals surface area contributed by atoms with Crippen LogP contribution in [0.1, 0.15) is 33.5 Å². The smallest absolute Gasteiger partial charge is 0.416 e. The molecule has 0 N–H and O–H groups in total. The lowest BCUT2D eigenvalue weighted by atomic mass is 9.80. The summed E-state index contributed by atoms with van der Waals surface area (Å²) in [4.78, 5) is 14.5. The van der Waals surface area contributed by atoms with E-state index in [1.54, 1.807) is 12.1 Å². The highest BCUT2D eigenvalue weighted by molar-refractivity contribution is 5.92. The van der Waals surface area contributed by atoms with Crippen LogP contribution in [0.4, 0.5) is 13.2 Å². The summed E-state index contributed by atoms with van der Waals surface area (Å²) in [6.45, 7) is 0.635.